The number of benzene rings is 1. The van der Waals surface area contributed by atoms with Gasteiger partial charge in [0.1, 0.15) is 11.2 Å². The van der Waals surface area contributed by atoms with Gasteiger partial charge in [0.15, 0.2) is 0 Å². The molecule has 0 radical (unpaired) electrons. The smallest absolute Gasteiger partial charge is 0.314 e. The van der Waals surface area contributed by atoms with Crippen molar-refractivity contribution in [3.63, 3.8) is 0 Å². The molecule has 1 aromatic carbocycles. The number of nitrogens with one attached hydrogen (secondary N) is 1. The van der Waals surface area contributed by atoms with Crippen LogP contribution in [0.4, 0.5) is 0 Å². The van der Waals surface area contributed by atoms with Gasteiger partial charge in [-0.25, -0.2) is 4.98 Å². The third-order valence-electron chi connectivity index (χ3n) is 5.37. The second-order valence-corrected chi connectivity index (χ2v) is 6.82. The van der Waals surface area contributed by atoms with Crippen LogP contribution >= 0.6 is 0 Å². The minimum Gasteiger partial charge on any atom is -0.481 e. The molecule has 26 heavy (non-hydrogen) atoms. The van der Waals surface area contributed by atoms with E-state index in [0.29, 0.717) is 17.0 Å². The summed E-state index contributed by atoms with van der Waals surface area (Å²) in [4.78, 5) is 42.8. The number of amides is 2. The minimum atomic E-state index is -1.25. The number of hydrogen-bond acceptors (Lipinski definition) is 4. The van der Waals surface area contributed by atoms with Crippen LogP contribution in [-0.4, -0.2) is 57.0 Å². The fraction of sp³-hybridized carbons (Fsp3) is 0.333. The predicted molar refractivity (Wildman–Crippen MR) is 91.1 cm³/mol. The van der Waals surface area contributed by atoms with E-state index in [-0.39, 0.29) is 31.4 Å². The van der Waals surface area contributed by atoms with E-state index in [9.17, 15) is 19.5 Å². The molecule has 2 aromatic rings. The number of likely N-dealkylation sites (tertiary alicyclic amines) is 1. The number of aryl methyl sites for hydroxylation is 1. The Hall–Kier alpha value is -3.16. The summed E-state index contributed by atoms with van der Waals surface area (Å²) in [5.41, 5.74) is -0.121. The molecule has 3 heterocycles. The van der Waals surface area contributed by atoms with E-state index in [1.54, 1.807) is 24.5 Å². The molecule has 4 rings (SSSR count). The largest absolute Gasteiger partial charge is 0.481 e. The number of carboxylic acid groups (broad SMARTS) is 1. The molecule has 8 heteroatoms. The maximum absolute atomic E-state index is 13.1. The van der Waals surface area contributed by atoms with E-state index in [1.165, 1.54) is 4.90 Å². The number of aliphatic carboxylic acids is 1. The predicted octanol–water partition coefficient (Wildman–Crippen LogP) is 0.360. The van der Waals surface area contributed by atoms with Crippen molar-refractivity contribution in [3.8, 4) is 11.4 Å². The Kier molecular flexibility index (Phi) is 3.57. The van der Waals surface area contributed by atoms with Crippen LogP contribution in [-0.2, 0) is 16.6 Å². The van der Waals surface area contributed by atoms with E-state index in [2.05, 4.69) is 10.3 Å². The Morgan fingerprint density at radius 2 is 2.12 bits per heavy atom. The van der Waals surface area contributed by atoms with Gasteiger partial charge in [0.2, 0.25) is 5.91 Å². The van der Waals surface area contributed by atoms with Crippen LogP contribution in [0.25, 0.3) is 11.4 Å². The zero-order valence-corrected chi connectivity index (χ0v) is 14.2. The van der Waals surface area contributed by atoms with Gasteiger partial charge in [0, 0.05) is 44.6 Å². The summed E-state index contributed by atoms with van der Waals surface area (Å²) in [5, 5.41) is 12.3. The topological polar surface area (TPSA) is 105 Å². The number of rotatable bonds is 3. The third-order valence-corrected chi connectivity index (χ3v) is 5.37. The van der Waals surface area contributed by atoms with Crippen LogP contribution in [0.5, 0.6) is 0 Å². The number of aromatic nitrogens is 2. The average molecular weight is 354 g/mol. The Morgan fingerprint density at radius 1 is 1.35 bits per heavy atom. The van der Waals surface area contributed by atoms with Crippen molar-refractivity contribution in [2.75, 3.05) is 19.6 Å². The number of hydrogen-bond donors (Lipinski definition) is 2. The van der Waals surface area contributed by atoms with E-state index >= 15 is 0 Å². The van der Waals surface area contributed by atoms with Gasteiger partial charge in [0.05, 0.1) is 11.5 Å². The molecular formula is C18H18N4O4. The summed E-state index contributed by atoms with van der Waals surface area (Å²) in [5.74, 6) is -1.71. The molecule has 1 aromatic heterocycles. The lowest BCUT2D eigenvalue weighted by atomic mass is 9.81. The Bertz CT molecular complexity index is 921. The van der Waals surface area contributed by atoms with Crippen LogP contribution in [0, 0.1) is 11.3 Å². The highest BCUT2D eigenvalue weighted by atomic mass is 16.4. The van der Waals surface area contributed by atoms with E-state index in [0.717, 1.165) is 0 Å². The lowest BCUT2D eigenvalue weighted by Gasteiger charge is -2.22. The highest BCUT2D eigenvalue weighted by Crippen LogP contribution is 2.40. The second kappa shape index (κ2) is 5.69. The van der Waals surface area contributed by atoms with Gasteiger partial charge in [-0.1, -0.05) is 18.2 Å². The van der Waals surface area contributed by atoms with Crippen LogP contribution < -0.4 is 5.32 Å². The van der Waals surface area contributed by atoms with Gasteiger partial charge in [-0.05, 0) is 6.07 Å². The molecule has 2 aliphatic rings. The lowest BCUT2D eigenvalue weighted by molar-refractivity contribution is -0.149. The van der Waals surface area contributed by atoms with Crippen LogP contribution in [0.15, 0.2) is 36.7 Å². The van der Waals surface area contributed by atoms with Crippen molar-refractivity contribution in [3.05, 3.63) is 42.2 Å². The Labute approximate surface area is 149 Å². The molecule has 2 aliphatic heterocycles. The molecule has 2 amide bonds. The number of carbonyl (C=O) groups excluding carboxylic acids is 2. The highest BCUT2D eigenvalue weighted by Gasteiger charge is 2.60. The summed E-state index contributed by atoms with van der Waals surface area (Å²) < 4.78 is 1.82. The first kappa shape index (κ1) is 16.3. The van der Waals surface area contributed by atoms with Crippen molar-refractivity contribution >= 4 is 17.8 Å². The maximum atomic E-state index is 13.1. The minimum absolute atomic E-state index is 0.0134. The fourth-order valence-corrected chi connectivity index (χ4v) is 3.90. The first-order valence-corrected chi connectivity index (χ1v) is 8.31. The first-order chi connectivity index (χ1) is 12.4. The van der Waals surface area contributed by atoms with Crippen molar-refractivity contribution < 1.29 is 19.5 Å². The second-order valence-electron chi connectivity index (χ2n) is 6.82. The summed E-state index contributed by atoms with van der Waals surface area (Å²) in [6.45, 7) is 0.169. The van der Waals surface area contributed by atoms with Gasteiger partial charge in [-0.15, -0.1) is 0 Å². The third kappa shape index (κ3) is 2.22. The highest BCUT2D eigenvalue weighted by molar-refractivity contribution is 6.02. The van der Waals surface area contributed by atoms with E-state index in [1.807, 2.05) is 23.7 Å². The van der Waals surface area contributed by atoms with Gasteiger partial charge in [0.25, 0.3) is 5.91 Å². The molecular weight excluding hydrogens is 336 g/mol. The zero-order chi connectivity index (χ0) is 18.5. The Balaban J connectivity index is 1.70. The number of carbonyl (C=O) groups is 3. The van der Waals surface area contributed by atoms with Crippen molar-refractivity contribution in [2.45, 2.75) is 0 Å². The monoisotopic (exact) mass is 354 g/mol. The van der Waals surface area contributed by atoms with Crippen molar-refractivity contribution in [1.29, 1.82) is 0 Å². The van der Waals surface area contributed by atoms with E-state index in [4.69, 9.17) is 0 Å². The molecule has 0 aliphatic carbocycles. The van der Waals surface area contributed by atoms with E-state index < -0.39 is 17.3 Å². The molecule has 2 atom stereocenters. The van der Waals surface area contributed by atoms with Crippen LogP contribution in [0.1, 0.15) is 10.4 Å². The normalized spacial score (nSPS) is 24.4. The maximum Gasteiger partial charge on any atom is 0.314 e. The van der Waals surface area contributed by atoms with Crippen LogP contribution in [0.3, 0.4) is 0 Å². The zero-order valence-electron chi connectivity index (χ0n) is 14.2. The van der Waals surface area contributed by atoms with Crippen molar-refractivity contribution in [2.24, 2.45) is 18.4 Å². The summed E-state index contributed by atoms with van der Waals surface area (Å²) in [6.07, 6.45) is 3.45. The van der Waals surface area contributed by atoms with Crippen LogP contribution in [0.2, 0.25) is 0 Å². The molecule has 2 N–H and O–H groups in total. The Morgan fingerprint density at radius 3 is 2.77 bits per heavy atom. The number of fused-ring (bicyclic) bond motifs is 1. The molecule has 2 fully saturated rings. The van der Waals surface area contributed by atoms with Gasteiger partial charge < -0.3 is 19.9 Å². The quantitative estimate of drug-likeness (QED) is 0.828. The van der Waals surface area contributed by atoms with Crippen molar-refractivity contribution in [1.82, 2.24) is 19.8 Å². The molecule has 2 saturated heterocycles. The molecule has 0 unspecified atom stereocenters. The average Bonchev–Trinajstić information content (AvgIpc) is 3.30. The standard InChI is InChI=1S/C18H18N4O4/c1-21-7-6-19-14(21)11-4-2-3-5-12(11)16(24)22-8-13-15(23)20-9-18(13,10-22)17(25)26/h2-7,13H,8-10H2,1H3,(H,20,23)(H,25,26)/t13-,18+/m0/s1. The molecule has 8 nitrogen and oxygen atoms in total. The molecule has 0 bridgehead atoms. The fourth-order valence-electron chi connectivity index (χ4n) is 3.90. The van der Waals surface area contributed by atoms with Gasteiger partial charge >= 0.3 is 5.97 Å². The molecule has 134 valence electrons. The number of nitrogens with zero attached hydrogens (tertiary/aromatic N) is 3. The number of carboxylic acids is 1. The SMILES string of the molecule is Cn1ccnc1-c1ccccc1C(=O)N1C[C@H]2C(=O)NC[C@@]2(C(=O)O)C1. The summed E-state index contributed by atoms with van der Waals surface area (Å²) in [6, 6.07) is 7.10. The molecule has 0 spiro atoms. The van der Waals surface area contributed by atoms with Gasteiger partial charge in [-0.3, -0.25) is 14.4 Å². The molecule has 0 saturated carbocycles. The number of imidazole rings is 1. The summed E-state index contributed by atoms with van der Waals surface area (Å²) in [7, 11) is 1.84. The first-order valence-electron chi connectivity index (χ1n) is 8.31. The summed E-state index contributed by atoms with van der Waals surface area (Å²) >= 11 is 0. The van der Waals surface area contributed by atoms with Gasteiger partial charge in [-0.2, -0.15) is 0 Å². The lowest BCUT2D eigenvalue weighted by Crippen LogP contribution is -2.41.